The third-order valence-electron chi connectivity index (χ3n) is 7.64. The van der Waals surface area contributed by atoms with Crippen molar-refractivity contribution >= 4 is 12.0 Å². The molecule has 4 heteroatoms. The number of hydrogen-bond donors (Lipinski definition) is 0. The van der Waals surface area contributed by atoms with Gasteiger partial charge < -0.3 is 4.90 Å². The van der Waals surface area contributed by atoms with Crippen molar-refractivity contribution in [1.29, 1.82) is 5.26 Å². The number of rotatable bonds is 5. The van der Waals surface area contributed by atoms with Gasteiger partial charge in [0.1, 0.15) is 0 Å². The first-order valence-electron chi connectivity index (χ1n) is 12.7. The van der Waals surface area contributed by atoms with Gasteiger partial charge in [-0.3, -0.25) is 9.69 Å². The molecule has 170 valence electrons. The van der Waals surface area contributed by atoms with Crippen LogP contribution in [0.3, 0.4) is 0 Å². The number of hydrogen-bond acceptors (Lipinski definition) is 3. The molecule has 0 aromatic heterocycles. The summed E-state index contributed by atoms with van der Waals surface area (Å²) in [6.45, 7) is 3.65. The Kier molecular flexibility index (Phi) is 8.18. The lowest BCUT2D eigenvalue weighted by Gasteiger charge is -2.40. The molecule has 0 spiro atoms. The molecular formula is C28H37N3O. The van der Waals surface area contributed by atoms with Crippen molar-refractivity contribution in [1.82, 2.24) is 9.80 Å². The van der Waals surface area contributed by atoms with Crippen LogP contribution in [0.15, 0.2) is 36.4 Å². The number of allylic oxidation sites excluding steroid dienone is 2. The highest BCUT2D eigenvalue weighted by molar-refractivity contribution is 5.88. The zero-order valence-corrected chi connectivity index (χ0v) is 19.3. The van der Waals surface area contributed by atoms with E-state index < -0.39 is 0 Å². The average molecular weight is 432 g/mol. The van der Waals surface area contributed by atoms with Crippen molar-refractivity contribution in [3.8, 4) is 6.07 Å². The molecule has 1 aromatic carbocycles. The summed E-state index contributed by atoms with van der Waals surface area (Å²) in [5.41, 5.74) is 3.04. The molecule has 0 unspecified atom stereocenters. The molecule has 4 nitrogen and oxygen atoms in total. The Labute approximate surface area is 193 Å². The predicted molar refractivity (Wildman–Crippen MR) is 130 cm³/mol. The van der Waals surface area contributed by atoms with E-state index in [1.54, 1.807) is 6.08 Å². The van der Waals surface area contributed by atoms with E-state index in [0.29, 0.717) is 5.92 Å². The monoisotopic (exact) mass is 431 g/mol. The highest BCUT2D eigenvalue weighted by Gasteiger charge is 2.26. The van der Waals surface area contributed by atoms with E-state index in [2.05, 4.69) is 17.0 Å². The molecule has 0 radical (unpaired) electrons. The first kappa shape index (κ1) is 22.8. The largest absolute Gasteiger partial charge is 0.337 e. The Bertz CT molecular complexity index is 861. The van der Waals surface area contributed by atoms with Crippen LogP contribution in [0.4, 0.5) is 0 Å². The molecular weight excluding hydrogens is 394 g/mol. The molecule has 0 N–H and O–H groups in total. The van der Waals surface area contributed by atoms with Gasteiger partial charge >= 0.3 is 0 Å². The van der Waals surface area contributed by atoms with E-state index in [-0.39, 0.29) is 5.91 Å². The molecule has 3 fully saturated rings. The van der Waals surface area contributed by atoms with Crippen LogP contribution in [0.5, 0.6) is 0 Å². The van der Waals surface area contributed by atoms with Crippen LogP contribution in [0.25, 0.3) is 6.08 Å². The second-order valence-electron chi connectivity index (χ2n) is 9.63. The average Bonchev–Trinajstić information content (AvgIpc) is 2.87. The fraction of sp³-hybridized carbons (Fsp3) is 0.571. The Morgan fingerprint density at radius 3 is 2.28 bits per heavy atom. The zero-order valence-electron chi connectivity index (χ0n) is 19.3. The Morgan fingerprint density at radius 1 is 0.906 bits per heavy atom. The van der Waals surface area contributed by atoms with Gasteiger partial charge in [0.05, 0.1) is 11.6 Å². The quantitative estimate of drug-likeness (QED) is 0.447. The third kappa shape index (κ3) is 5.70. The van der Waals surface area contributed by atoms with Crippen molar-refractivity contribution in [2.45, 2.75) is 76.2 Å². The molecule has 4 rings (SSSR count). The summed E-state index contributed by atoms with van der Waals surface area (Å²) >= 11 is 0. The maximum atomic E-state index is 12.7. The molecule has 3 aliphatic rings. The number of carbonyl (C=O) groups excluding carboxylic acids is 1. The lowest BCUT2D eigenvalue weighted by atomic mass is 9.81. The molecule has 1 saturated heterocycles. The number of piperazine rings is 1. The van der Waals surface area contributed by atoms with E-state index in [0.717, 1.165) is 43.3 Å². The molecule has 2 saturated carbocycles. The van der Waals surface area contributed by atoms with Crippen molar-refractivity contribution in [2.75, 3.05) is 26.2 Å². The smallest absolute Gasteiger partial charge is 0.246 e. The lowest BCUT2D eigenvalue weighted by molar-refractivity contribution is -0.128. The zero-order chi connectivity index (χ0) is 22.2. The molecule has 0 bridgehead atoms. The Hall–Kier alpha value is -2.38. The third-order valence-corrected chi connectivity index (χ3v) is 7.64. The Morgan fingerprint density at radius 2 is 1.59 bits per heavy atom. The van der Waals surface area contributed by atoms with Crippen LogP contribution >= 0.6 is 0 Å². The van der Waals surface area contributed by atoms with Gasteiger partial charge in [0.25, 0.3) is 0 Å². The van der Waals surface area contributed by atoms with E-state index in [4.69, 9.17) is 0 Å². The molecule has 1 aromatic rings. The van der Waals surface area contributed by atoms with Crippen molar-refractivity contribution in [2.24, 2.45) is 0 Å². The SMILES string of the molecule is N#Cc1cccc(C2CCCCC2)c1C=CC=CC(=O)N1CCN(C2CCCCC2)CC1. The summed E-state index contributed by atoms with van der Waals surface area (Å²) in [5.74, 6) is 0.641. The van der Waals surface area contributed by atoms with Gasteiger partial charge in [-0.1, -0.05) is 68.9 Å². The molecule has 1 heterocycles. The van der Waals surface area contributed by atoms with Crippen molar-refractivity contribution in [3.63, 3.8) is 0 Å². The number of amides is 1. The first-order chi connectivity index (χ1) is 15.8. The van der Waals surface area contributed by atoms with Crippen LogP contribution in [-0.4, -0.2) is 47.9 Å². The summed E-state index contributed by atoms with van der Waals surface area (Å²) in [6, 6.07) is 9.17. The summed E-state index contributed by atoms with van der Waals surface area (Å²) in [5, 5.41) is 9.61. The van der Waals surface area contributed by atoms with Gasteiger partial charge in [0.2, 0.25) is 5.91 Å². The minimum atomic E-state index is 0.0963. The molecule has 32 heavy (non-hydrogen) atoms. The normalized spacial score (nSPS) is 21.9. The second kappa shape index (κ2) is 11.5. The van der Waals surface area contributed by atoms with Gasteiger partial charge in [0.15, 0.2) is 0 Å². The first-order valence-corrected chi connectivity index (χ1v) is 12.7. The minimum Gasteiger partial charge on any atom is -0.337 e. The van der Waals surface area contributed by atoms with Crippen molar-refractivity contribution in [3.05, 3.63) is 53.1 Å². The predicted octanol–water partition coefficient (Wildman–Crippen LogP) is 5.65. The highest BCUT2D eigenvalue weighted by atomic mass is 16.2. The maximum absolute atomic E-state index is 12.7. The van der Waals surface area contributed by atoms with Gasteiger partial charge in [0, 0.05) is 38.3 Å². The molecule has 2 aliphatic carbocycles. The van der Waals surface area contributed by atoms with Gasteiger partial charge in [-0.25, -0.2) is 0 Å². The van der Waals surface area contributed by atoms with Crippen LogP contribution < -0.4 is 0 Å². The fourth-order valence-corrected chi connectivity index (χ4v) is 5.78. The highest BCUT2D eigenvalue weighted by Crippen LogP contribution is 2.35. The number of nitriles is 1. The summed E-state index contributed by atoms with van der Waals surface area (Å²) < 4.78 is 0. The molecule has 0 atom stereocenters. The summed E-state index contributed by atoms with van der Waals surface area (Å²) in [4.78, 5) is 17.2. The van der Waals surface area contributed by atoms with Crippen molar-refractivity contribution < 1.29 is 4.79 Å². The van der Waals surface area contributed by atoms with E-state index in [1.807, 2.05) is 35.3 Å². The van der Waals surface area contributed by atoms with E-state index in [9.17, 15) is 10.1 Å². The van der Waals surface area contributed by atoms with E-state index in [1.165, 1.54) is 69.8 Å². The Balaban J connectivity index is 1.34. The fourth-order valence-electron chi connectivity index (χ4n) is 5.78. The van der Waals surface area contributed by atoms with E-state index >= 15 is 0 Å². The van der Waals surface area contributed by atoms with Gasteiger partial charge in [-0.05, 0) is 48.8 Å². The molecule has 1 aliphatic heterocycles. The summed E-state index contributed by atoms with van der Waals surface area (Å²) in [6.07, 6.45) is 20.5. The molecule has 1 amide bonds. The number of benzene rings is 1. The van der Waals surface area contributed by atoms with Gasteiger partial charge in [-0.15, -0.1) is 0 Å². The van der Waals surface area contributed by atoms with Crippen LogP contribution in [-0.2, 0) is 4.79 Å². The summed E-state index contributed by atoms with van der Waals surface area (Å²) in [7, 11) is 0. The lowest BCUT2D eigenvalue weighted by Crippen LogP contribution is -2.52. The topological polar surface area (TPSA) is 47.3 Å². The number of carbonyl (C=O) groups is 1. The number of nitrogens with zero attached hydrogens (tertiary/aromatic N) is 3. The van der Waals surface area contributed by atoms with Crippen LogP contribution in [0.2, 0.25) is 0 Å². The minimum absolute atomic E-state index is 0.0963. The van der Waals surface area contributed by atoms with Gasteiger partial charge in [-0.2, -0.15) is 5.26 Å². The standard InChI is InChI=1S/C28H37N3O/c29-22-24-12-9-16-26(23-10-3-1-4-11-23)27(24)15-7-8-17-28(32)31-20-18-30(19-21-31)25-13-5-2-6-14-25/h7-9,12,15-17,23,25H,1-6,10-11,13-14,18-21H2. The maximum Gasteiger partial charge on any atom is 0.246 e. The second-order valence-corrected chi connectivity index (χ2v) is 9.63. The van der Waals surface area contributed by atoms with Crippen LogP contribution in [0, 0.1) is 11.3 Å². The van der Waals surface area contributed by atoms with Crippen LogP contribution in [0.1, 0.15) is 86.8 Å².